The molecule has 0 saturated carbocycles. The molecule has 1 atom stereocenters. The molecule has 0 aliphatic heterocycles. The van der Waals surface area contributed by atoms with Crippen molar-refractivity contribution in [3.63, 3.8) is 0 Å². The first-order valence-corrected chi connectivity index (χ1v) is 6.36. The first kappa shape index (κ1) is 12.6. The number of anilines is 2. The fourth-order valence-electron chi connectivity index (χ4n) is 2.04. The van der Waals surface area contributed by atoms with E-state index in [9.17, 15) is 0 Å². The molecule has 2 rings (SSSR count). The molecule has 2 aromatic rings. The van der Waals surface area contributed by atoms with Gasteiger partial charge in [0.05, 0.1) is 11.6 Å². The zero-order valence-electron chi connectivity index (χ0n) is 11.4. The Hall–Kier alpha value is -1.85. The number of nitrogens with zero attached hydrogens (tertiary/aromatic N) is 4. The van der Waals surface area contributed by atoms with Crippen LogP contribution in [0, 0.1) is 0 Å². The maximum atomic E-state index is 4.58. The SMILES string of the molecule is CCC(C)N(CC)c1nc(NC)nc2[nH]ncc12. The number of fused-ring (bicyclic) bond motifs is 1. The summed E-state index contributed by atoms with van der Waals surface area (Å²) in [4.78, 5) is 11.2. The fourth-order valence-corrected chi connectivity index (χ4v) is 2.04. The topological polar surface area (TPSA) is 69.7 Å². The second-order valence-corrected chi connectivity index (χ2v) is 4.30. The van der Waals surface area contributed by atoms with Gasteiger partial charge in [-0.15, -0.1) is 0 Å². The molecule has 0 aromatic carbocycles. The lowest BCUT2D eigenvalue weighted by Gasteiger charge is -2.28. The lowest BCUT2D eigenvalue weighted by molar-refractivity contribution is 0.625. The van der Waals surface area contributed by atoms with Gasteiger partial charge in [0.15, 0.2) is 5.65 Å². The molecule has 6 nitrogen and oxygen atoms in total. The Balaban J connectivity index is 2.56. The zero-order valence-corrected chi connectivity index (χ0v) is 11.4. The molecule has 2 aromatic heterocycles. The van der Waals surface area contributed by atoms with E-state index in [4.69, 9.17) is 0 Å². The lowest BCUT2D eigenvalue weighted by atomic mass is 10.2. The van der Waals surface area contributed by atoms with E-state index in [0.29, 0.717) is 12.0 Å². The third kappa shape index (κ3) is 2.10. The van der Waals surface area contributed by atoms with Crippen LogP contribution in [0.25, 0.3) is 11.0 Å². The van der Waals surface area contributed by atoms with Crippen molar-refractivity contribution in [3.8, 4) is 0 Å². The minimum atomic E-state index is 0.438. The Bertz CT molecular complexity index is 520. The van der Waals surface area contributed by atoms with Crippen molar-refractivity contribution in [2.75, 3.05) is 23.8 Å². The predicted octanol–water partition coefficient (Wildman–Crippen LogP) is 2.02. The number of nitrogens with one attached hydrogen (secondary N) is 2. The summed E-state index contributed by atoms with van der Waals surface area (Å²) >= 11 is 0. The summed E-state index contributed by atoms with van der Waals surface area (Å²) in [7, 11) is 1.82. The molecular formula is C12H20N6. The van der Waals surface area contributed by atoms with E-state index in [-0.39, 0.29) is 0 Å². The Morgan fingerprint density at radius 2 is 2.17 bits per heavy atom. The van der Waals surface area contributed by atoms with Crippen LogP contribution in [0.5, 0.6) is 0 Å². The first-order valence-electron chi connectivity index (χ1n) is 6.36. The van der Waals surface area contributed by atoms with Crippen LogP contribution in [0.3, 0.4) is 0 Å². The van der Waals surface area contributed by atoms with Crippen molar-refractivity contribution in [2.24, 2.45) is 0 Å². The average Bonchev–Trinajstić information content (AvgIpc) is 2.87. The summed E-state index contributed by atoms with van der Waals surface area (Å²) in [5.41, 5.74) is 0.770. The molecule has 0 fully saturated rings. The molecule has 0 spiro atoms. The van der Waals surface area contributed by atoms with Crippen molar-refractivity contribution in [3.05, 3.63) is 6.20 Å². The van der Waals surface area contributed by atoms with Crippen molar-refractivity contribution in [1.29, 1.82) is 0 Å². The van der Waals surface area contributed by atoms with Gasteiger partial charge in [-0.25, -0.2) is 0 Å². The summed E-state index contributed by atoms with van der Waals surface area (Å²) < 4.78 is 0. The molecule has 98 valence electrons. The van der Waals surface area contributed by atoms with Gasteiger partial charge in [-0.3, -0.25) is 5.10 Å². The highest BCUT2D eigenvalue weighted by Crippen LogP contribution is 2.25. The van der Waals surface area contributed by atoms with Gasteiger partial charge in [0.1, 0.15) is 5.82 Å². The van der Waals surface area contributed by atoms with Gasteiger partial charge in [0, 0.05) is 19.6 Å². The maximum Gasteiger partial charge on any atom is 0.226 e. The van der Waals surface area contributed by atoms with Crippen LogP contribution in [0.2, 0.25) is 0 Å². The van der Waals surface area contributed by atoms with Crippen molar-refractivity contribution < 1.29 is 0 Å². The van der Waals surface area contributed by atoms with Crippen molar-refractivity contribution >= 4 is 22.8 Å². The molecule has 18 heavy (non-hydrogen) atoms. The maximum absolute atomic E-state index is 4.58. The van der Waals surface area contributed by atoms with Crippen LogP contribution in [-0.2, 0) is 0 Å². The highest BCUT2D eigenvalue weighted by atomic mass is 15.3. The second-order valence-electron chi connectivity index (χ2n) is 4.30. The normalized spacial score (nSPS) is 12.7. The van der Waals surface area contributed by atoms with Crippen LogP contribution in [-0.4, -0.2) is 39.8 Å². The van der Waals surface area contributed by atoms with Gasteiger partial charge in [0.25, 0.3) is 0 Å². The van der Waals surface area contributed by atoms with Gasteiger partial charge >= 0.3 is 0 Å². The van der Waals surface area contributed by atoms with Crippen LogP contribution >= 0.6 is 0 Å². The van der Waals surface area contributed by atoms with E-state index in [0.717, 1.165) is 29.8 Å². The summed E-state index contributed by atoms with van der Waals surface area (Å²) in [5, 5.41) is 10.9. The summed E-state index contributed by atoms with van der Waals surface area (Å²) in [6, 6.07) is 0.438. The quantitative estimate of drug-likeness (QED) is 0.847. The van der Waals surface area contributed by atoms with E-state index in [1.54, 1.807) is 6.20 Å². The Morgan fingerprint density at radius 3 is 2.78 bits per heavy atom. The zero-order chi connectivity index (χ0) is 13.1. The highest BCUT2D eigenvalue weighted by Gasteiger charge is 2.18. The van der Waals surface area contributed by atoms with Crippen LogP contribution in [0.15, 0.2) is 6.20 Å². The number of hydrogen-bond acceptors (Lipinski definition) is 5. The molecule has 0 saturated heterocycles. The van der Waals surface area contributed by atoms with Gasteiger partial charge in [0.2, 0.25) is 5.95 Å². The van der Waals surface area contributed by atoms with Gasteiger partial charge in [-0.05, 0) is 20.3 Å². The van der Waals surface area contributed by atoms with Gasteiger partial charge < -0.3 is 10.2 Å². The minimum absolute atomic E-state index is 0.438. The molecule has 2 N–H and O–H groups in total. The van der Waals surface area contributed by atoms with Gasteiger partial charge in [-0.1, -0.05) is 6.92 Å². The van der Waals surface area contributed by atoms with E-state index in [2.05, 4.69) is 51.2 Å². The van der Waals surface area contributed by atoms with E-state index < -0.39 is 0 Å². The minimum Gasteiger partial charge on any atom is -0.357 e. The molecule has 1 unspecified atom stereocenters. The van der Waals surface area contributed by atoms with E-state index >= 15 is 0 Å². The van der Waals surface area contributed by atoms with Crippen LogP contribution < -0.4 is 10.2 Å². The monoisotopic (exact) mass is 248 g/mol. The Labute approximate surface area is 107 Å². The average molecular weight is 248 g/mol. The predicted molar refractivity (Wildman–Crippen MR) is 74.0 cm³/mol. The third-order valence-electron chi connectivity index (χ3n) is 3.25. The molecule has 0 aliphatic carbocycles. The smallest absolute Gasteiger partial charge is 0.226 e. The molecule has 0 aliphatic rings. The lowest BCUT2D eigenvalue weighted by Crippen LogP contribution is -2.33. The number of H-pyrrole nitrogens is 1. The summed E-state index contributed by atoms with van der Waals surface area (Å²) in [6.45, 7) is 7.44. The van der Waals surface area contributed by atoms with Gasteiger partial charge in [-0.2, -0.15) is 15.1 Å². The molecule has 2 heterocycles. The molecule has 0 bridgehead atoms. The molecule has 0 amide bonds. The van der Waals surface area contributed by atoms with Crippen molar-refractivity contribution in [2.45, 2.75) is 33.2 Å². The van der Waals surface area contributed by atoms with Crippen LogP contribution in [0.1, 0.15) is 27.2 Å². The molecule has 6 heteroatoms. The summed E-state index contributed by atoms with van der Waals surface area (Å²) in [5.74, 6) is 1.55. The number of aromatic nitrogens is 4. The standard InChI is InChI=1S/C12H20N6/c1-5-8(3)18(6-2)11-9-7-14-17-10(9)15-12(13-4)16-11/h7-8H,5-6H2,1-4H3,(H2,13,14,15,16,17). The number of hydrogen-bond donors (Lipinski definition) is 2. The van der Waals surface area contributed by atoms with Crippen LogP contribution in [0.4, 0.5) is 11.8 Å². The molecule has 0 radical (unpaired) electrons. The number of rotatable bonds is 5. The third-order valence-corrected chi connectivity index (χ3v) is 3.25. The van der Waals surface area contributed by atoms with Crippen molar-refractivity contribution in [1.82, 2.24) is 20.2 Å². The highest BCUT2D eigenvalue weighted by molar-refractivity contribution is 5.87. The largest absolute Gasteiger partial charge is 0.357 e. The Morgan fingerprint density at radius 1 is 1.39 bits per heavy atom. The van der Waals surface area contributed by atoms with E-state index in [1.165, 1.54) is 0 Å². The van der Waals surface area contributed by atoms with E-state index in [1.807, 2.05) is 7.05 Å². The molecular weight excluding hydrogens is 228 g/mol. The Kier molecular flexibility index (Phi) is 3.64. The number of aromatic amines is 1. The second kappa shape index (κ2) is 5.20. The fraction of sp³-hybridized carbons (Fsp3) is 0.583. The first-order chi connectivity index (χ1) is 8.71. The summed E-state index contributed by atoms with van der Waals surface area (Å²) in [6.07, 6.45) is 2.86.